The van der Waals surface area contributed by atoms with Crippen molar-refractivity contribution in [3.05, 3.63) is 65.0 Å². The van der Waals surface area contributed by atoms with Gasteiger partial charge in [0.1, 0.15) is 18.2 Å². The van der Waals surface area contributed by atoms with Gasteiger partial charge in [0.05, 0.1) is 17.5 Å². The molecular weight excluding hydrogens is 289 g/mol. The fourth-order valence-electron chi connectivity index (χ4n) is 1.70. The van der Waals surface area contributed by atoms with Crippen molar-refractivity contribution in [2.24, 2.45) is 0 Å². The molecule has 2 aromatic rings. The molecular formula is C17H11ClFNO. The molecule has 0 aromatic heterocycles. The van der Waals surface area contributed by atoms with Gasteiger partial charge in [-0.25, -0.2) is 4.39 Å². The third-order valence-corrected chi connectivity index (χ3v) is 2.79. The SMILES string of the molecule is N#Cc1ccc(COc2cc(F)cc(C#CCCl)c2)cc1. The second kappa shape index (κ2) is 7.33. The number of hydrogen-bond donors (Lipinski definition) is 0. The third kappa shape index (κ3) is 4.53. The van der Waals surface area contributed by atoms with Crippen molar-refractivity contribution < 1.29 is 9.13 Å². The van der Waals surface area contributed by atoms with Crippen LogP contribution in [-0.4, -0.2) is 5.88 Å². The lowest BCUT2D eigenvalue weighted by Gasteiger charge is -2.07. The molecule has 0 saturated heterocycles. The predicted molar refractivity (Wildman–Crippen MR) is 79.5 cm³/mol. The normalized spacial score (nSPS) is 9.38. The van der Waals surface area contributed by atoms with E-state index in [-0.39, 0.29) is 12.5 Å². The van der Waals surface area contributed by atoms with Crippen molar-refractivity contribution in [3.63, 3.8) is 0 Å². The lowest BCUT2D eigenvalue weighted by molar-refractivity contribution is 0.304. The largest absolute Gasteiger partial charge is 0.489 e. The summed E-state index contributed by atoms with van der Waals surface area (Å²) in [6.07, 6.45) is 0. The molecule has 0 radical (unpaired) electrons. The van der Waals surface area contributed by atoms with Gasteiger partial charge in [0, 0.05) is 11.6 Å². The number of alkyl halides is 1. The summed E-state index contributed by atoms with van der Waals surface area (Å²) in [4.78, 5) is 0. The zero-order valence-electron chi connectivity index (χ0n) is 11.1. The molecule has 0 heterocycles. The maximum atomic E-state index is 13.5. The number of nitriles is 1. The van der Waals surface area contributed by atoms with Gasteiger partial charge >= 0.3 is 0 Å². The second-order valence-corrected chi connectivity index (χ2v) is 4.48. The number of rotatable bonds is 3. The zero-order valence-corrected chi connectivity index (χ0v) is 11.8. The Bertz CT molecular complexity index is 723. The number of hydrogen-bond acceptors (Lipinski definition) is 2. The molecule has 0 aliphatic rings. The Morgan fingerprint density at radius 1 is 1.10 bits per heavy atom. The molecule has 104 valence electrons. The molecule has 2 aromatic carbocycles. The topological polar surface area (TPSA) is 33.0 Å². The molecule has 0 aliphatic heterocycles. The zero-order chi connectivity index (χ0) is 15.1. The number of ether oxygens (including phenoxy) is 1. The van der Waals surface area contributed by atoms with Crippen molar-refractivity contribution in [1.82, 2.24) is 0 Å². The Morgan fingerprint density at radius 2 is 1.86 bits per heavy atom. The molecule has 0 fully saturated rings. The molecule has 0 N–H and O–H groups in total. The average Bonchev–Trinajstić information content (AvgIpc) is 2.51. The number of nitrogens with zero attached hydrogens (tertiary/aromatic N) is 1. The highest BCUT2D eigenvalue weighted by molar-refractivity contribution is 6.19. The number of benzene rings is 2. The first kappa shape index (κ1) is 14.9. The van der Waals surface area contributed by atoms with Crippen LogP contribution in [0.4, 0.5) is 4.39 Å². The van der Waals surface area contributed by atoms with Crippen molar-refractivity contribution in [2.45, 2.75) is 6.61 Å². The lowest BCUT2D eigenvalue weighted by Crippen LogP contribution is -1.96. The summed E-state index contributed by atoms with van der Waals surface area (Å²) in [5, 5.41) is 8.72. The van der Waals surface area contributed by atoms with Gasteiger partial charge in [-0.15, -0.1) is 11.6 Å². The first-order valence-electron chi connectivity index (χ1n) is 6.18. The second-order valence-electron chi connectivity index (χ2n) is 4.21. The van der Waals surface area contributed by atoms with Crippen LogP contribution in [0.5, 0.6) is 5.75 Å². The highest BCUT2D eigenvalue weighted by Gasteiger charge is 2.01. The summed E-state index contributed by atoms with van der Waals surface area (Å²) in [5.74, 6) is 5.60. The third-order valence-electron chi connectivity index (χ3n) is 2.66. The van der Waals surface area contributed by atoms with Crippen LogP contribution in [0, 0.1) is 29.0 Å². The molecule has 0 aliphatic carbocycles. The Kier molecular flexibility index (Phi) is 5.21. The number of halogens is 2. The quantitative estimate of drug-likeness (QED) is 0.637. The first-order valence-corrected chi connectivity index (χ1v) is 6.72. The van der Waals surface area contributed by atoms with E-state index in [9.17, 15) is 4.39 Å². The monoisotopic (exact) mass is 299 g/mol. The van der Waals surface area contributed by atoms with Crippen LogP contribution in [0.2, 0.25) is 0 Å². The molecule has 2 nitrogen and oxygen atoms in total. The highest BCUT2D eigenvalue weighted by atomic mass is 35.5. The summed E-state index contributed by atoms with van der Waals surface area (Å²) >= 11 is 5.48. The lowest BCUT2D eigenvalue weighted by atomic mass is 10.1. The first-order chi connectivity index (χ1) is 10.2. The van der Waals surface area contributed by atoms with Crippen LogP contribution in [0.25, 0.3) is 0 Å². The van der Waals surface area contributed by atoms with Gasteiger partial charge in [-0.2, -0.15) is 5.26 Å². The molecule has 21 heavy (non-hydrogen) atoms. The Labute approximate surface area is 127 Å². The van der Waals surface area contributed by atoms with Crippen LogP contribution >= 0.6 is 11.6 Å². The van der Waals surface area contributed by atoms with E-state index in [1.165, 1.54) is 12.1 Å². The van der Waals surface area contributed by atoms with Crippen LogP contribution in [0.15, 0.2) is 42.5 Å². The van der Waals surface area contributed by atoms with Crippen LogP contribution in [0.1, 0.15) is 16.7 Å². The van der Waals surface area contributed by atoms with Gasteiger partial charge in [0.25, 0.3) is 0 Å². The smallest absolute Gasteiger partial charge is 0.128 e. The Morgan fingerprint density at radius 3 is 2.52 bits per heavy atom. The molecule has 0 atom stereocenters. The predicted octanol–water partition coefficient (Wildman–Crippen LogP) is 3.87. The van der Waals surface area contributed by atoms with Crippen LogP contribution in [0.3, 0.4) is 0 Å². The Balaban J connectivity index is 2.08. The van der Waals surface area contributed by atoms with Crippen molar-refractivity contribution in [2.75, 3.05) is 5.88 Å². The molecule has 0 bridgehead atoms. The van der Waals surface area contributed by atoms with Gasteiger partial charge in [0.15, 0.2) is 0 Å². The minimum atomic E-state index is -0.411. The van der Waals surface area contributed by atoms with E-state index in [0.29, 0.717) is 16.9 Å². The molecule has 0 amide bonds. The van der Waals surface area contributed by atoms with Crippen molar-refractivity contribution in [3.8, 4) is 23.7 Å². The minimum absolute atomic E-state index is 0.192. The fourth-order valence-corrected chi connectivity index (χ4v) is 1.76. The summed E-state index contributed by atoms with van der Waals surface area (Å²) in [6, 6.07) is 13.3. The van der Waals surface area contributed by atoms with Gasteiger partial charge in [0.2, 0.25) is 0 Å². The summed E-state index contributed by atoms with van der Waals surface area (Å²) in [7, 11) is 0. The minimum Gasteiger partial charge on any atom is -0.489 e. The van der Waals surface area contributed by atoms with Gasteiger partial charge in [-0.3, -0.25) is 0 Å². The summed E-state index contributed by atoms with van der Waals surface area (Å²) < 4.78 is 19.0. The van der Waals surface area contributed by atoms with E-state index in [2.05, 4.69) is 11.8 Å². The van der Waals surface area contributed by atoms with E-state index in [1.807, 2.05) is 6.07 Å². The maximum Gasteiger partial charge on any atom is 0.128 e. The molecule has 2 rings (SSSR count). The van der Waals surface area contributed by atoms with Gasteiger partial charge < -0.3 is 4.74 Å². The van der Waals surface area contributed by atoms with E-state index in [0.717, 1.165) is 5.56 Å². The van der Waals surface area contributed by atoms with E-state index in [4.69, 9.17) is 21.6 Å². The average molecular weight is 300 g/mol. The molecule has 0 spiro atoms. The van der Waals surface area contributed by atoms with Crippen LogP contribution < -0.4 is 4.74 Å². The molecule has 4 heteroatoms. The van der Waals surface area contributed by atoms with E-state index >= 15 is 0 Å². The molecule has 0 unspecified atom stereocenters. The fraction of sp³-hybridized carbons (Fsp3) is 0.118. The van der Waals surface area contributed by atoms with Crippen molar-refractivity contribution >= 4 is 11.6 Å². The summed E-state index contributed by atoms with van der Waals surface area (Å²) in [5.41, 5.74) is 2.00. The van der Waals surface area contributed by atoms with Gasteiger partial charge in [-0.1, -0.05) is 24.0 Å². The van der Waals surface area contributed by atoms with E-state index < -0.39 is 5.82 Å². The van der Waals surface area contributed by atoms with Crippen molar-refractivity contribution in [1.29, 1.82) is 5.26 Å². The maximum absolute atomic E-state index is 13.5. The highest BCUT2D eigenvalue weighted by Crippen LogP contribution is 2.17. The van der Waals surface area contributed by atoms with Gasteiger partial charge in [-0.05, 0) is 29.8 Å². The Hall–Kier alpha value is -2.49. The van der Waals surface area contributed by atoms with Crippen LogP contribution in [-0.2, 0) is 6.61 Å². The van der Waals surface area contributed by atoms with E-state index in [1.54, 1.807) is 30.3 Å². The standard InChI is InChI=1S/C17H11ClFNO/c18-7-1-2-15-8-16(19)10-17(9-15)21-12-14-5-3-13(11-20)4-6-14/h3-6,8-10H,7,12H2. The molecule has 0 saturated carbocycles. The summed E-state index contributed by atoms with van der Waals surface area (Å²) in [6.45, 7) is 0.289.